The zero-order valence-electron chi connectivity index (χ0n) is 12.3. The monoisotopic (exact) mass is 320 g/mol. The van der Waals surface area contributed by atoms with Gasteiger partial charge < -0.3 is 4.42 Å². The Balaban J connectivity index is 2.02. The summed E-state index contributed by atoms with van der Waals surface area (Å²) in [5.74, 6) is 0. The third kappa shape index (κ3) is 2.41. The van der Waals surface area contributed by atoms with Crippen molar-refractivity contribution in [3.8, 4) is 0 Å². The maximum Gasteiger partial charge on any atom is 0.201 e. The van der Waals surface area contributed by atoms with Crippen molar-refractivity contribution >= 4 is 33.3 Å². The third-order valence-corrected chi connectivity index (χ3v) is 4.36. The molecule has 4 aromatic rings. The van der Waals surface area contributed by atoms with Crippen LogP contribution >= 0.6 is 11.6 Å². The van der Waals surface area contributed by atoms with Gasteiger partial charge in [-0.2, -0.15) is 0 Å². The highest BCUT2D eigenvalue weighted by atomic mass is 35.5. The summed E-state index contributed by atoms with van der Waals surface area (Å²) in [5.41, 5.74) is 2.00. The Morgan fingerprint density at radius 1 is 0.870 bits per heavy atom. The molecular weight excluding hydrogens is 308 g/mol. The molecule has 0 unspecified atom stereocenters. The van der Waals surface area contributed by atoms with Crippen molar-refractivity contribution in [2.24, 2.45) is 0 Å². The highest BCUT2D eigenvalue weighted by molar-refractivity contribution is 6.30. The summed E-state index contributed by atoms with van der Waals surface area (Å²) in [6.45, 7) is 0. The van der Waals surface area contributed by atoms with E-state index in [0.29, 0.717) is 23.0 Å². The van der Waals surface area contributed by atoms with Gasteiger partial charge in [0.15, 0.2) is 5.43 Å². The van der Waals surface area contributed by atoms with E-state index in [1.54, 1.807) is 6.07 Å². The van der Waals surface area contributed by atoms with Crippen LogP contribution in [-0.2, 0) is 6.42 Å². The molecule has 0 radical (unpaired) electrons. The van der Waals surface area contributed by atoms with Crippen LogP contribution in [0.15, 0.2) is 75.9 Å². The third-order valence-electron chi connectivity index (χ3n) is 4.05. The van der Waals surface area contributed by atoms with Gasteiger partial charge in [-0.05, 0) is 34.0 Å². The summed E-state index contributed by atoms with van der Waals surface area (Å²) >= 11 is 6.24. The first kappa shape index (κ1) is 14.0. The molecule has 23 heavy (non-hydrogen) atoms. The second-order valence-corrected chi connectivity index (χ2v) is 5.85. The molecule has 0 fully saturated rings. The molecule has 0 aliphatic heterocycles. The Morgan fingerprint density at radius 3 is 2.43 bits per heavy atom. The first-order valence-corrected chi connectivity index (χ1v) is 7.79. The molecule has 1 aromatic heterocycles. The summed E-state index contributed by atoms with van der Waals surface area (Å²) in [4.78, 5) is 13.0. The van der Waals surface area contributed by atoms with Crippen LogP contribution in [0.1, 0.15) is 11.1 Å². The molecule has 112 valence electrons. The first-order chi connectivity index (χ1) is 11.2. The van der Waals surface area contributed by atoms with E-state index in [9.17, 15) is 4.79 Å². The summed E-state index contributed by atoms with van der Waals surface area (Å²) in [5, 5.41) is 2.67. The number of hydrogen-bond donors (Lipinski definition) is 0. The van der Waals surface area contributed by atoms with Crippen molar-refractivity contribution in [2.75, 3.05) is 0 Å². The fourth-order valence-corrected chi connectivity index (χ4v) is 3.15. The Morgan fingerprint density at radius 2 is 1.61 bits per heavy atom. The van der Waals surface area contributed by atoms with Crippen molar-refractivity contribution in [1.82, 2.24) is 0 Å². The van der Waals surface area contributed by atoms with Gasteiger partial charge in [-0.1, -0.05) is 60.7 Å². The minimum atomic E-state index is -0.0584. The second kappa shape index (κ2) is 5.56. The maximum atomic E-state index is 13.0. The lowest BCUT2D eigenvalue weighted by molar-refractivity contribution is 0.597. The van der Waals surface area contributed by atoms with Gasteiger partial charge in [0, 0.05) is 6.42 Å². The van der Waals surface area contributed by atoms with Gasteiger partial charge in [0.05, 0.1) is 10.9 Å². The van der Waals surface area contributed by atoms with Gasteiger partial charge in [0.2, 0.25) is 5.22 Å². The summed E-state index contributed by atoms with van der Waals surface area (Å²) in [7, 11) is 0. The van der Waals surface area contributed by atoms with Crippen molar-refractivity contribution in [3.05, 3.63) is 93.3 Å². The summed E-state index contributed by atoms with van der Waals surface area (Å²) < 4.78 is 5.72. The number of benzene rings is 3. The standard InChI is InChI=1S/C20H13ClO2/c21-20-16(12-13-6-2-1-3-7-13)19(22)18-15-9-5-4-8-14(15)10-11-17(18)23-20/h1-11H,12H2. The molecule has 3 heteroatoms. The van der Waals surface area contributed by atoms with Gasteiger partial charge >= 0.3 is 0 Å². The van der Waals surface area contributed by atoms with Crippen molar-refractivity contribution in [3.63, 3.8) is 0 Å². The fourth-order valence-electron chi connectivity index (χ4n) is 2.92. The van der Waals surface area contributed by atoms with E-state index in [-0.39, 0.29) is 10.6 Å². The van der Waals surface area contributed by atoms with Crippen molar-refractivity contribution < 1.29 is 4.42 Å². The minimum absolute atomic E-state index is 0.0584. The van der Waals surface area contributed by atoms with Crippen molar-refractivity contribution in [2.45, 2.75) is 6.42 Å². The second-order valence-electron chi connectivity index (χ2n) is 5.51. The Hall–Kier alpha value is -2.58. The average Bonchev–Trinajstić information content (AvgIpc) is 2.59. The largest absolute Gasteiger partial charge is 0.444 e. The van der Waals surface area contributed by atoms with E-state index < -0.39 is 0 Å². The molecule has 3 aromatic carbocycles. The van der Waals surface area contributed by atoms with E-state index in [4.69, 9.17) is 16.0 Å². The molecule has 0 saturated carbocycles. The smallest absolute Gasteiger partial charge is 0.201 e. The van der Waals surface area contributed by atoms with Gasteiger partial charge in [0.1, 0.15) is 5.58 Å². The molecule has 0 saturated heterocycles. The molecule has 0 bridgehead atoms. The molecule has 0 amide bonds. The molecule has 4 rings (SSSR count). The van der Waals surface area contributed by atoms with Crippen LogP contribution in [0.3, 0.4) is 0 Å². The number of rotatable bonds is 2. The van der Waals surface area contributed by atoms with Crippen LogP contribution in [0.5, 0.6) is 0 Å². The first-order valence-electron chi connectivity index (χ1n) is 7.41. The summed E-state index contributed by atoms with van der Waals surface area (Å²) in [6, 6.07) is 21.3. The quantitative estimate of drug-likeness (QED) is 0.476. The molecule has 1 heterocycles. The topological polar surface area (TPSA) is 30.2 Å². The van der Waals surface area contributed by atoms with Crippen LogP contribution < -0.4 is 5.43 Å². The molecule has 0 aliphatic carbocycles. The predicted octanol–water partition coefficient (Wildman–Crippen LogP) is 5.19. The SMILES string of the molecule is O=c1c(Cc2ccccc2)c(Cl)oc2ccc3ccccc3c12. The lowest BCUT2D eigenvalue weighted by Crippen LogP contribution is -2.11. The van der Waals surface area contributed by atoms with Gasteiger partial charge in [-0.15, -0.1) is 0 Å². The van der Waals surface area contributed by atoms with Crippen LogP contribution in [-0.4, -0.2) is 0 Å². The van der Waals surface area contributed by atoms with Gasteiger partial charge in [0.25, 0.3) is 0 Å². The zero-order valence-corrected chi connectivity index (χ0v) is 13.0. The van der Waals surface area contributed by atoms with Gasteiger partial charge in [-0.3, -0.25) is 4.79 Å². The Bertz CT molecular complexity index is 1070. The number of hydrogen-bond acceptors (Lipinski definition) is 2. The van der Waals surface area contributed by atoms with E-state index in [2.05, 4.69) is 0 Å². The molecule has 0 spiro atoms. The van der Waals surface area contributed by atoms with Crippen LogP contribution in [0.2, 0.25) is 5.22 Å². The van der Waals surface area contributed by atoms with E-state index in [0.717, 1.165) is 16.3 Å². The van der Waals surface area contributed by atoms with Crippen LogP contribution in [0.25, 0.3) is 21.7 Å². The highest BCUT2D eigenvalue weighted by Crippen LogP contribution is 2.27. The number of fused-ring (bicyclic) bond motifs is 3. The highest BCUT2D eigenvalue weighted by Gasteiger charge is 2.15. The minimum Gasteiger partial charge on any atom is -0.444 e. The van der Waals surface area contributed by atoms with Gasteiger partial charge in [-0.25, -0.2) is 0 Å². The fraction of sp³-hybridized carbons (Fsp3) is 0.0500. The normalized spacial score (nSPS) is 11.2. The van der Waals surface area contributed by atoms with Crippen LogP contribution in [0, 0.1) is 0 Å². The Labute approximate surface area is 137 Å². The van der Waals surface area contributed by atoms with Crippen LogP contribution in [0.4, 0.5) is 0 Å². The lowest BCUT2D eigenvalue weighted by Gasteiger charge is -2.08. The molecular formula is C20H13ClO2. The zero-order chi connectivity index (χ0) is 15.8. The van der Waals surface area contributed by atoms with E-state index >= 15 is 0 Å². The predicted molar refractivity (Wildman–Crippen MR) is 94.2 cm³/mol. The summed E-state index contributed by atoms with van der Waals surface area (Å²) in [6.07, 6.45) is 0.459. The van der Waals surface area contributed by atoms with E-state index in [1.165, 1.54) is 0 Å². The maximum absolute atomic E-state index is 13.0. The van der Waals surface area contributed by atoms with E-state index in [1.807, 2.05) is 60.7 Å². The van der Waals surface area contributed by atoms with Crippen molar-refractivity contribution in [1.29, 1.82) is 0 Å². The average molecular weight is 321 g/mol. The molecule has 0 aliphatic rings. The molecule has 2 nitrogen and oxygen atoms in total. The lowest BCUT2D eigenvalue weighted by atomic mass is 10.0. The molecule has 0 atom stereocenters. The Kier molecular flexibility index (Phi) is 3.40. The molecule has 0 N–H and O–H groups in total. The number of halogens is 1.